The van der Waals surface area contributed by atoms with Crippen molar-refractivity contribution in [3.63, 3.8) is 0 Å². The molecule has 2 aliphatic rings. The normalized spacial score (nSPS) is 26.5. The zero-order valence-corrected chi connectivity index (χ0v) is 9.84. The van der Waals surface area contributed by atoms with E-state index in [1.165, 1.54) is 0 Å². The maximum absolute atomic E-state index is 12.3. The molecule has 6 nitrogen and oxygen atoms in total. The minimum atomic E-state index is 0.0330. The summed E-state index contributed by atoms with van der Waals surface area (Å²) in [5.41, 5.74) is 0.0330. The average molecular weight is 238 g/mol. The molecule has 2 saturated heterocycles. The minimum Gasteiger partial charge on any atom is -0.381 e. The lowest BCUT2D eigenvalue weighted by molar-refractivity contribution is 0.0650. The fraction of sp³-hybridized carbons (Fsp3) is 0.818. The highest BCUT2D eigenvalue weighted by Gasteiger charge is 2.23. The van der Waals surface area contributed by atoms with Crippen molar-refractivity contribution in [2.45, 2.75) is 31.3 Å². The van der Waals surface area contributed by atoms with Gasteiger partial charge in [0.1, 0.15) is 6.33 Å². The standard InChI is InChI=1S/C11H18N4O2/c16-11-14(10-1-4-12-7-10)8-13-15(11)9-2-5-17-6-3-9/h8-10,12H,1-7H2/t10-/m1/s1. The van der Waals surface area contributed by atoms with Crippen molar-refractivity contribution < 1.29 is 4.74 Å². The zero-order valence-electron chi connectivity index (χ0n) is 9.84. The molecular formula is C11H18N4O2. The summed E-state index contributed by atoms with van der Waals surface area (Å²) in [4.78, 5) is 12.3. The van der Waals surface area contributed by atoms with Crippen LogP contribution < -0.4 is 11.0 Å². The van der Waals surface area contributed by atoms with Crippen LogP contribution in [0, 0.1) is 0 Å². The Morgan fingerprint density at radius 1 is 1.29 bits per heavy atom. The maximum Gasteiger partial charge on any atom is 0.346 e. The first-order valence-electron chi connectivity index (χ1n) is 6.30. The van der Waals surface area contributed by atoms with Gasteiger partial charge in [-0.15, -0.1) is 0 Å². The van der Waals surface area contributed by atoms with Crippen molar-refractivity contribution in [2.75, 3.05) is 26.3 Å². The smallest absolute Gasteiger partial charge is 0.346 e. The molecule has 0 unspecified atom stereocenters. The Bertz CT molecular complexity index is 427. The Morgan fingerprint density at radius 3 is 2.82 bits per heavy atom. The highest BCUT2D eigenvalue weighted by atomic mass is 16.5. The first-order valence-corrected chi connectivity index (χ1v) is 6.30. The molecule has 3 rings (SSSR count). The van der Waals surface area contributed by atoms with Crippen LogP contribution in [-0.2, 0) is 4.74 Å². The SMILES string of the molecule is O=c1n([C@@H]2CCNC2)cnn1C1CCOCC1. The molecule has 0 radical (unpaired) electrons. The maximum atomic E-state index is 12.3. The predicted octanol–water partition coefficient (Wildman–Crippen LogP) is -0.0693. The molecule has 6 heteroatoms. The Morgan fingerprint density at radius 2 is 2.12 bits per heavy atom. The van der Waals surface area contributed by atoms with Crippen LogP contribution in [0.2, 0.25) is 0 Å². The second-order valence-electron chi connectivity index (χ2n) is 4.76. The summed E-state index contributed by atoms with van der Waals surface area (Å²) in [6, 6.07) is 0.489. The fourth-order valence-electron chi connectivity index (χ4n) is 2.64. The second-order valence-corrected chi connectivity index (χ2v) is 4.76. The van der Waals surface area contributed by atoms with Crippen molar-refractivity contribution >= 4 is 0 Å². The van der Waals surface area contributed by atoms with Crippen molar-refractivity contribution in [3.8, 4) is 0 Å². The average Bonchev–Trinajstić information content (AvgIpc) is 2.99. The predicted molar refractivity (Wildman–Crippen MR) is 62.1 cm³/mol. The van der Waals surface area contributed by atoms with E-state index in [-0.39, 0.29) is 17.8 Å². The molecule has 17 heavy (non-hydrogen) atoms. The summed E-state index contributed by atoms with van der Waals surface area (Å²) < 4.78 is 8.72. The number of nitrogens with one attached hydrogen (secondary N) is 1. The van der Waals surface area contributed by atoms with Crippen LogP contribution in [0.4, 0.5) is 0 Å². The van der Waals surface area contributed by atoms with Gasteiger partial charge in [-0.3, -0.25) is 4.57 Å². The third-order valence-electron chi connectivity index (χ3n) is 3.68. The molecule has 94 valence electrons. The van der Waals surface area contributed by atoms with Crippen molar-refractivity contribution in [1.82, 2.24) is 19.7 Å². The van der Waals surface area contributed by atoms with E-state index in [1.54, 1.807) is 15.6 Å². The lowest BCUT2D eigenvalue weighted by Gasteiger charge is -2.21. The summed E-state index contributed by atoms with van der Waals surface area (Å²) in [7, 11) is 0. The van der Waals surface area contributed by atoms with E-state index in [2.05, 4.69) is 10.4 Å². The van der Waals surface area contributed by atoms with E-state index in [4.69, 9.17) is 4.74 Å². The highest BCUT2D eigenvalue weighted by molar-refractivity contribution is 4.84. The lowest BCUT2D eigenvalue weighted by atomic mass is 10.1. The van der Waals surface area contributed by atoms with Gasteiger partial charge in [0, 0.05) is 19.8 Å². The van der Waals surface area contributed by atoms with Crippen LogP contribution in [0.1, 0.15) is 31.3 Å². The van der Waals surface area contributed by atoms with Crippen LogP contribution in [0.25, 0.3) is 0 Å². The molecule has 0 aliphatic carbocycles. The quantitative estimate of drug-likeness (QED) is 0.783. The molecule has 0 saturated carbocycles. The van der Waals surface area contributed by atoms with E-state index in [0.717, 1.165) is 45.6 Å². The van der Waals surface area contributed by atoms with Gasteiger partial charge in [-0.05, 0) is 25.8 Å². The summed E-state index contributed by atoms with van der Waals surface area (Å²) >= 11 is 0. The van der Waals surface area contributed by atoms with E-state index < -0.39 is 0 Å². The number of nitrogens with zero attached hydrogens (tertiary/aromatic N) is 3. The molecule has 3 heterocycles. The van der Waals surface area contributed by atoms with Gasteiger partial charge in [-0.25, -0.2) is 9.48 Å². The fourth-order valence-corrected chi connectivity index (χ4v) is 2.64. The van der Waals surface area contributed by atoms with Gasteiger partial charge in [-0.1, -0.05) is 0 Å². The Labute approximate surface area is 99.6 Å². The number of ether oxygens (including phenoxy) is 1. The van der Waals surface area contributed by atoms with E-state index >= 15 is 0 Å². The van der Waals surface area contributed by atoms with Crippen molar-refractivity contribution in [1.29, 1.82) is 0 Å². The summed E-state index contributed by atoms with van der Waals surface area (Å²) in [5, 5.41) is 7.54. The van der Waals surface area contributed by atoms with Gasteiger partial charge in [0.05, 0.1) is 12.1 Å². The van der Waals surface area contributed by atoms with Crippen LogP contribution in [-0.4, -0.2) is 40.7 Å². The number of hydrogen-bond acceptors (Lipinski definition) is 4. The van der Waals surface area contributed by atoms with E-state index in [1.807, 2.05) is 0 Å². The molecule has 0 spiro atoms. The first-order chi connectivity index (χ1) is 8.36. The summed E-state index contributed by atoms with van der Waals surface area (Å²) in [6.07, 6.45) is 4.48. The number of rotatable bonds is 2. The van der Waals surface area contributed by atoms with Crippen molar-refractivity contribution in [2.24, 2.45) is 0 Å². The molecule has 1 aromatic rings. The van der Waals surface area contributed by atoms with Gasteiger partial charge >= 0.3 is 5.69 Å². The van der Waals surface area contributed by atoms with Crippen LogP contribution in [0.5, 0.6) is 0 Å². The molecule has 0 amide bonds. The molecule has 0 bridgehead atoms. The highest BCUT2D eigenvalue weighted by Crippen LogP contribution is 2.18. The molecule has 1 atom stereocenters. The van der Waals surface area contributed by atoms with Gasteiger partial charge < -0.3 is 10.1 Å². The van der Waals surface area contributed by atoms with Gasteiger partial charge in [0.15, 0.2) is 0 Å². The van der Waals surface area contributed by atoms with Crippen molar-refractivity contribution in [3.05, 3.63) is 16.8 Å². The molecular weight excluding hydrogens is 220 g/mol. The Balaban J connectivity index is 1.83. The molecule has 0 aromatic carbocycles. The summed E-state index contributed by atoms with van der Waals surface area (Å²) in [5.74, 6) is 0. The monoisotopic (exact) mass is 238 g/mol. The van der Waals surface area contributed by atoms with Gasteiger partial charge in [-0.2, -0.15) is 5.10 Å². The number of aromatic nitrogens is 3. The Hall–Kier alpha value is -1.14. The summed E-state index contributed by atoms with van der Waals surface area (Å²) in [6.45, 7) is 3.32. The largest absolute Gasteiger partial charge is 0.381 e. The minimum absolute atomic E-state index is 0.0330. The Kier molecular flexibility index (Phi) is 2.98. The van der Waals surface area contributed by atoms with Crippen LogP contribution >= 0.6 is 0 Å². The second kappa shape index (κ2) is 4.62. The zero-order chi connectivity index (χ0) is 11.7. The third kappa shape index (κ3) is 2.02. The van der Waals surface area contributed by atoms with E-state index in [9.17, 15) is 4.79 Å². The topological polar surface area (TPSA) is 61.1 Å². The van der Waals surface area contributed by atoms with Gasteiger partial charge in [0.25, 0.3) is 0 Å². The van der Waals surface area contributed by atoms with Crippen LogP contribution in [0.15, 0.2) is 11.1 Å². The van der Waals surface area contributed by atoms with E-state index in [0.29, 0.717) is 0 Å². The third-order valence-corrected chi connectivity index (χ3v) is 3.68. The van der Waals surface area contributed by atoms with Crippen LogP contribution in [0.3, 0.4) is 0 Å². The first kappa shape index (κ1) is 11.0. The van der Waals surface area contributed by atoms with Gasteiger partial charge in [0.2, 0.25) is 0 Å². The molecule has 1 aromatic heterocycles. The molecule has 2 aliphatic heterocycles. The lowest BCUT2D eigenvalue weighted by Crippen LogP contribution is -2.33. The number of hydrogen-bond donors (Lipinski definition) is 1. The molecule has 2 fully saturated rings. The molecule has 1 N–H and O–H groups in total.